The van der Waals surface area contributed by atoms with Crippen molar-refractivity contribution in [3.8, 4) is 17.0 Å². The first-order valence-electron chi connectivity index (χ1n) is 9.22. The van der Waals surface area contributed by atoms with Gasteiger partial charge in [0.15, 0.2) is 12.4 Å². The van der Waals surface area contributed by atoms with Crippen LogP contribution in [0.15, 0.2) is 57.9 Å². The maximum Gasteiger partial charge on any atom is 0.316 e. The Labute approximate surface area is 168 Å². The molecule has 2 aromatic carbocycles. The number of carbonyl (C=O) groups excluding carboxylic acids is 1. The van der Waals surface area contributed by atoms with Gasteiger partial charge >= 0.3 is 5.97 Å². The van der Waals surface area contributed by atoms with Crippen LogP contribution in [0.1, 0.15) is 23.3 Å². The topological polar surface area (TPSA) is 61.6 Å². The molecule has 0 saturated heterocycles. The summed E-state index contributed by atoms with van der Waals surface area (Å²) in [6.45, 7) is 0.0612. The third-order valence-corrected chi connectivity index (χ3v) is 5.71. The summed E-state index contributed by atoms with van der Waals surface area (Å²) in [5.41, 5.74) is 4.32. The van der Waals surface area contributed by atoms with Crippen molar-refractivity contribution in [1.82, 2.24) is 5.16 Å². The van der Waals surface area contributed by atoms with Gasteiger partial charge in [0.2, 0.25) is 0 Å². The van der Waals surface area contributed by atoms with Crippen molar-refractivity contribution in [2.24, 2.45) is 0 Å². The van der Waals surface area contributed by atoms with Gasteiger partial charge in [0, 0.05) is 16.5 Å². The van der Waals surface area contributed by atoms with Gasteiger partial charge in [0.1, 0.15) is 11.4 Å². The van der Waals surface area contributed by atoms with Crippen LogP contribution in [0.25, 0.3) is 11.3 Å². The Hall–Kier alpha value is -2.73. The summed E-state index contributed by atoms with van der Waals surface area (Å²) in [7, 11) is 1.61. The van der Waals surface area contributed by atoms with Crippen LogP contribution in [0.5, 0.6) is 5.75 Å². The van der Waals surface area contributed by atoms with E-state index in [2.05, 4.69) is 23.4 Å². The van der Waals surface area contributed by atoms with Crippen molar-refractivity contribution >= 4 is 17.7 Å². The second kappa shape index (κ2) is 8.52. The van der Waals surface area contributed by atoms with Gasteiger partial charge in [-0.25, -0.2) is 0 Å². The van der Waals surface area contributed by atoms with Crippen LogP contribution in [-0.2, 0) is 29.0 Å². The van der Waals surface area contributed by atoms with E-state index in [0.717, 1.165) is 23.3 Å². The standard InChI is InChI=1S/C22H21NO4S/c1-25-21-8-3-2-7-19(21)20-12-17(27-23-20)13-26-22(24)14-28-18-10-9-15-5-4-6-16(15)11-18/h2-3,7-12H,4-6,13-14H2,1H3. The number of esters is 1. The van der Waals surface area contributed by atoms with Crippen LogP contribution in [0.4, 0.5) is 0 Å². The molecule has 0 amide bonds. The number of methoxy groups -OCH3 is 1. The van der Waals surface area contributed by atoms with Crippen molar-refractivity contribution in [3.05, 3.63) is 65.4 Å². The Morgan fingerprint density at radius 2 is 2.00 bits per heavy atom. The fourth-order valence-corrected chi connectivity index (χ4v) is 4.10. The molecule has 0 bridgehead atoms. The highest BCUT2D eigenvalue weighted by molar-refractivity contribution is 8.00. The number of benzene rings is 2. The summed E-state index contributed by atoms with van der Waals surface area (Å²) < 4.78 is 16.0. The molecule has 0 saturated carbocycles. The molecule has 1 heterocycles. The summed E-state index contributed by atoms with van der Waals surface area (Å²) >= 11 is 1.50. The molecule has 144 valence electrons. The largest absolute Gasteiger partial charge is 0.496 e. The molecule has 3 aromatic rings. The quantitative estimate of drug-likeness (QED) is 0.428. The first-order chi connectivity index (χ1) is 13.7. The van der Waals surface area contributed by atoms with Gasteiger partial charge in [-0.3, -0.25) is 4.79 Å². The van der Waals surface area contributed by atoms with Crippen LogP contribution in [0, 0.1) is 0 Å². The van der Waals surface area contributed by atoms with Crippen LogP contribution in [-0.4, -0.2) is 24.0 Å². The molecule has 0 fully saturated rings. The average Bonchev–Trinajstić information content (AvgIpc) is 3.39. The van der Waals surface area contributed by atoms with E-state index in [1.54, 1.807) is 13.2 Å². The van der Waals surface area contributed by atoms with E-state index in [9.17, 15) is 4.79 Å². The number of aromatic nitrogens is 1. The molecule has 1 aliphatic rings. The Bertz CT molecular complexity index is 982. The summed E-state index contributed by atoms with van der Waals surface area (Å²) in [5, 5.41) is 4.05. The number of ether oxygens (including phenoxy) is 2. The van der Waals surface area contributed by atoms with E-state index in [1.807, 2.05) is 24.3 Å². The van der Waals surface area contributed by atoms with Gasteiger partial charge in [-0.1, -0.05) is 23.4 Å². The van der Waals surface area contributed by atoms with Gasteiger partial charge in [-0.15, -0.1) is 11.8 Å². The van der Waals surface area contributed by atoms with Crippen LogP contribution >= 0.6 is 11.8 Å². The number of nitrogens with zero attached hydrogens (tertiary/aromatic N) is 1. The van der Waals surface area contributed by atoms with E-state index in [-0.39, 0.29) is 18.3 Å². The number of hydrogen-bond donors (Lipinski definition) is 0. The zero-order chi connectivity index (χ0) is 19.3. The van der Waals surface area contributed by atoms with E-state index in [1.165, 1.54) is 29.3 Å². The van der Waals surface area contributed by atoms with Crippen molar-refractivity contribution in [1.29, 1.82) is 0 Å². The first-order valence-corrected chi connectivity index (χ1v) is 10.2. The van der Waals surface area contributed by atoms with Gasteiger partial charge in [0.25, 0.3) is 0 Å². The smallest absolute Gasteiger partial charge is 0.316 e. The zero-order valence-electron chi connectivity index (χ0n) is 15.6. The molecule has 5 nitrogen and oxygen atoms in total. The summed E-state index contributed by atoms with van der Waals surface area (Å²) in [6.07, 6.45) is 3.52. The minimum absolute atomic E-state index is 0.0612. The van der Waals surface area contributed by atoms with Crippen molar-refractivity contribution in [2.45, 2.75) is 30.8 Å². The zero-order valence-corrected chi connectivity index (χ0v) is 16.5. The lowest BCUT2D eigenvalue weighted by atomic mass is 10.1. The summed E-state index contributed by atoms with van der Waals surface area (Å²) in [4.78, 5) is 13.2. The van der Waals surface area contributed by atoms with Crippen molar-refractivity contribution < 1.29 is 18.8 Å². The number of aryl methyl sites for hydroxylation is 2. The van der Waals surface area contributed by atoms with E-state index in [4.69, 9.17) is 14.0 Å². The van der Waals surface area contributed by atoms with Gasteiger partial charge < -0.3 is 14.0 Å². The third kappa shape index (κ3) is 4.22. The van der Waals surface area contributed by atoms with Gasteiger partial charge in [-0.05, 0) is 54.7 Å². The Kier molecular flexibility index (Phi) is 5.67. The molecule has 1 aliphatic carbocycles. The lowest BCUT2D eigenvalue weighted by molar-refractivity contribution is -0.142. The molecular weight excluding hydrogens is 374 g/mol. The summed E-state index contributed by atoms with van der Waals surface area (Å²) in [5.74, 6) is 1.20. The molecule has 0 radical (unpaired) electrons. The molecule has 0 aliphatic heterocycles. The maximum absolute atomic E-state index is 12.1. The number of fused-ring (bicyclic) bond motifs is 1. The molecule has 6 heteroatoms. The molecule has 0 N–H and O–H groups in total. The number of hydrogen-bond acceptors (Lipinski definition) is 6. The highest BCUT2D eigenvalue weighted by Crippen LogP contribution is 2.30. The number of para-hydroxylation sites is 1. The minimum atomic E-state index is -0.277. The molecule has 4 rings (SSSR count). The molecule has 1 aromatic heterocycles. The highest BCUT2D eigenvalue weighted by Gasteiger charge is 2.14. The van der Waals surface area contributed by atoms with Crippen LogP contribution in [0.2, 0.25) is 0 Å². The molecule has 0 atom stereocenters. The van der Waals surface area contributed by atoms with Crippen molar-refractivity contribution in [3.63, 3.8) is 0 Å². The lowest BCUT2D eigenvalue weighted by Crippen LogP contribution is -2.06. The van der Waals surface area contributed by atoms with Gasteiger partial charge in [-0.2, -0.15) is 0 Å². The average molecular weight is 395 g/mol. The fraction of sp³-hybridized carbons (Fsp3) is 0.273. The SMILES string of the molecule is COc1ccccc1-c1cc(COC(=O)CSc2ccc3c(c2)CCC3)on1. The molecule has 0 unspecified atom stereocenters. The van der Waals surface area contributed by atoms with E-state index < -0.39 is 0 Å². The second-order valence-electron chi connectivity index (χ2n) is 6.61. The van der Waals surface area contributed by atoms with E-state index >= 15 is 0 Å². The number of thioether (sulfide) groups is 1. The predicted octanol–water partition coefficient (Wildman–Crippen LogP) is 4.67. The molecule has 0 spiro atoms. The predicted molar refractivity (Wildman–Crippen MR) is 107 cm³/mol. The highest BCUT2D eigenvalue weighted by atomic mass is 32.2. The number of carbonyl (C=O) groups is 1. The monoisotopic (exact) mass is 395 g/mol. The first kappa shape index (κ1) is 18.6. The Morgan fingerprint density at radius 3 is 2.89 bits per heavy atom. The summed E-state index contributed by atoms with van der Waals surface area (Å²) in [6, 6.07) is 15.8. The van der Waals surface area contributed by atoms with Crippen LogP contribution in [0.3, 0.4) is 0 Å². The maximum atomic E-state index is 12.1. The molecular formula is C22H21NO4S. The lowest BCUT2D eigenvalue weighted by Gasteiger charge is -2.05. The van der Waals surface area contributed by atoms with Crippen molar-refractivity contribution in [2.75, 3.05) is 12.9 Å². The van der Waals surface area contributed by atoms with Gasteiger partial charge in [0.05, 0.1) is 12.9 Å². The Balaban J connectivity index is 1.30. The second-order valence-corrected chi connectivity index (χ2v) is 7.66. The normalized spacial score (nSPS) is 12.6. The van der Waals surface area contributed by atoms with Crippen LogP contribution < -0.4 is 4.74 Å². The number of rotatable bonds is 7. The van der Waals surface area contributed by atoms with E-state index in [0.29, 0.717) is 17.2 Å². The Morgan fingerprint density at radius 1 is 1.14 bits per heavy atom. The third-order valence-electron chi connectivity index (χ3n) is 4.74. The minimum Gasteiger partial charge on any atom is -0.496 e. The fourth-order valence-electron chi connectivity index (χ4n) is 3.34. The molecule has 28 heavy (non-hydrogen) atoms.